The van der Waals surface area contributed by atoms with E-state index in [0.29, 0.717) is 18.9 Å². The maximum absolute atomic E-state index is 13.1. The summed E-state index contributed by atoms with van der Waals surface area (Å²) < 4.78 is 1.69. The summed E-state index contributed by atoms with van der Waals surface area (Å²) in [4.78, 5) is 34.3. The lowest BCUT2D eigenvalue weighted by molar-refractivity contribution is -0.133. The Morgan fingerprint density at radius 1 is 1.16 bits per heavy atom. The van der Waals surface area contributed by atoms with E-state index in [1.165, 1.54) is 23.2 Å². The summed E-state index contributed by atoms with van der Waals surface area (Å²) in [6.07, 6.45) is 6.16. The summed E-state index contributed by atoms with van der Waals surface area (Å²) in [5.41, 5.74) is 1.23. The van der Waals surface area contributed by atoms with Gasteiger partial charge < -0.3 is 9.80 Å². The van der Waals surface area contributed by atoms with E-state index in [-0.39, 0.29) is 17.9 Å². The van der Waals surface area contributed by atoms with Crippen LogP contribution in [0, 0.1) is 5.92 Å². The molecule has 32 heavy (non-hydrogen) atoms. The van der Waals surface area contributed by atoms with E-state index in [2.05, 4.69) is 22.2 Å². The van der Waals surface area contributed by atoms with Crippen molar-refractivity contribution in [3.8, 4) is 0 Å². The van der Waals surface area contributed by atoms with Gasteiger partial charge in [0, 0.05) is 32.6 Å². The second-order valence-corrected chi connectivity index (χ2v) is 9.22. The number of rotatable bonds is 8. The van der Waals surface area contributed by atoms with Crippen LogP contribution in [0.4, 0.5) is 0 Å². The van der Waals surface area contributed by atoms with E-state index >= 15 is 0 Å². The van der Waals surface area contributed by atoms with Gasteiger partial charge in [0.2, 0.25) is 5.91 Å². The molecule has 168 valence electrons. The van der Waals surface area contributed by atoms with Crippen LogP contribution >= 0.6 is 11.3 Å². The van der Waals surface area contributed by atoms with Crippen molar-refractivity contribution in [1.82, 2.24) is 24.6 Å². The Hall–Kier alpha value is -3.00. The number of thiophene rings is 1. The summed E-state index contributed by atoms with van der Waals surface area (Å²) >= 11 is 1.48. The maximum atomic E-state index is 13.1. The van der Waals surface area contributed by atoms with Crippen molar-refractivity contribution in [2.45, 2.75) is 38.3 Å². The molecule has 0 N–H and O–H groups in total. The first-order valence-corrected chi connectivity index (χ1v) is 11.9. The molecule has 0 bridgehead atoms. The van der Waals surface area contributed by atoms with Gasteiger partial charge in [-0.15, -0.1) is 11.3 Å². The lowest BCUT2D eigenvalue weighted by atomic mass is 9.84. The molecule has 0 radical (unpaired) electrons. The number of benzene rings is 1. The van der Waals surface area contributed by atoms with Gasteiger partial charge in [0.05, 0.1) is 11.4 Å². The number of hydrogen-bond donors (Lipinski definition) is 0. The highest BCUT2D eigenvalue weighted by molar-refractivity contribution is 7.12. The van der Waals surface area contributed by atoms with Gasteiger partial charge in [-0.3, -0.25) is 14.3 Å². The third-order valence-corrected chi connectivity index (χ3v) is 7.15. The molecule has 3 aromatic rings. The number of aromatic nitrogens is 3. The Morgan fingerprint density at radius 2 is 1.94 bits per heavy atom. The monoisotopic (exact) mass is 451 g/mol. The number of carbonyl (C=O) groups is 2. The van der Waals surface area contributed by atoms with Crippen LogP contribution in [0.2, 0.25) is 0 Å². The molecule has 1 aliphatic heterocycles. The lowest BCUT2D eigenvalue weighted by Gasteiger charge is -2.40. The summed E-state index contributed by atoms with van der Waals surface area (Å²) in [6, 6.07) is 14.3. The minimum Gasteiger partial charge on any atom is -0.343 e. The lowest BCUT2D eigenvalue weighted by Crippen LogP contribution is -2.48. The van der Waals surface area contributed by atoms with Gasteiger partial charge in [0.1, 0.15) is 12.7 Å². The number of likely N-dealkylation sites (N-methyl/N-ethyl adjacent to an activating group) is 1. The number of aryl methyl sites for hydroxylation is 1. The first kappa shape index (κ1) is 22.2. The number of hydrogen-bond acceptors (Lipinski definition) is 5. The van der Waals surface area contributed by atoms with E-state index in [0.717, 1.165) is 37.2 Å². The molecule has 8 heteroatoms. The smallest absolute Gasteiger partial charge is 0.263 e. The molecule has 1 aromatic carbocycles. The molecule has 2 aromatic heterocycles. The quantitative estimate of drug-likeness (QED) is 0.527. The second kappa shape index (κ2) is 10.5. The third-order valence-electron chi connectivity index (χ3n) is 6.30. The minimum atomic E-state index is 0.0762. The Balaban J connectivity index is 1.40. The molecule has 0 aliphatic carbocycles. The first-order valence-electron chi connectivity index (χ1n) is 11.1. The largest absolute Gasteiger partial charge is 0.343 e. The Kier molecular flexibility index (Phi) is 7.32. The van der Waals surface area contributed by atoms with Gasteiger partial charge >= 0.3 is 0 Å². The van der Waals surface area contributed by atoms with Gasteiger partial charge in [-0.1, -0.05) is 36.4 Å². The van der Waals surface area contributed by atoms with E-state index in [4.69, 9.17) is 0 Å². The highest BCUT2D eigenvalue weighted by atomic mass is 32.1. The molecular formula is C24H29N5O2S. The third kappa shape index (κ3) is 5.43. The average Bonchev–Trinajstić information content (AvgIpc) is 3.55. The fraction of sp³-hybridized carbons (Fsp3) is 0.417. The topological polar surface area (TPSA) is 71.3 Å². The predicted molar refractivity (Wildman–Crippen MR) is 124 cm³/mol. The van der Waals surface area contributed by atoms with Gasteiger partial charge in [-0.25, -0.2) is 4.98 Å². The van der Waals surface area contributed by atoms with Crippen LogP contribution in [-0.4, -0.2) is 62.6 Å². The van der Waals surface area contributed by atoms with Gasteiger partial charge in [-0.05, 0) is 42.2 Å². The van der Waals surface area contributed by atoms with Crippen LogP contribution < -0.4 is 0 Å². The van der Waals surface area contributed by atoms with E-state index in [1.54, 1.807) is 11.0 Å². The number of nitrogens with zero attached hydrogens (tertiary/aromatic N) is 5. The van der Waals surface area contributed by atoms with Crippen molar-refractivity contribution >= 4 is 23.2 Å². The highest BCUT2D eigenvalue weighted by Crippen LogP contribution is 2.28. The molecule has 1 saturated heterocycles. The normalized spacial score (nSPS) is 15.5. The van der Waals surface area contributed by atoms with Crippen LogP contribution in [0.3, 0.4) is 0 Å². The molecule has 2 amide bonds. The van der Waals surface area contributed by atoms with E-state index < -0.39 is 0 Å². The summed E-state index contributed by atoms with van der Waals surface area (Å²) in [5, 5.41) is 6.00. The molecule has 1 atom stereocenters. The van der Waals surface area contributed by atoms with Crippen molar-refractivity contribution in [2.24, 2.45) is 5.92 Å². The fourth-order valence-corrected chi connectivity index (χ4v) is 5.16. The number of likely N-dealkylation sites (tertiary alicyclic amines) is 1. The molecule has 7 nitrogen and oxygen atoms in total. The summed E-state index contributed by atoms with van der Waals surface area (Å²) in [7, 11) is 1.92. The highest BCUT2D eigenvalue weighted by Gasteiger charge is 2.33. The fourth-order valence-electron chi connectivity index (χ4n) is 4.45. The van der Waals surface area contributed by atoms with Crippen molar-refractivity contribution in [1.29, 1.82) is 0 Å². The van der Waals surface area contributed by atoms with Crippen LogP contribution in [0.1, 0.15) is 34.5 Å². The molecule has 1 unspecified atom stereocenters. The SMILES string of the molecule is CN(C(=O)c1cccs1)C(Cc1ccccc1)C1CCN(C(=O)CCn2cncn2)CC1. The van der Waals surface area contributed by atoms with Crippen molar-refractivity contribution < 1.29 is 9.59 Å². The first-order chi connectivity index (χ1) is 15.6. The van der Waals surface area contributed by atoms with E-state index in [1.807, 2.05) is 52.6 Å². The zero-order valence-corrected chi connectivity index (χ0v) is 19.2. The van der Waals surface area contributed by atoms with Crippen molar-refractivity contribution in [3.05, 3.63) is 70.9 Å². The van der Waals surface area contributed by atoms with Crippen molar-refractivity contribution in [3.63, 3.8) is 0 Å². The molecule has 1 aliphatic rings. The van der Waals surface area contributed by atoms with Crippen molar-refractivity contribution in [2.75, 3.05) is 20.1 Å². The standard InChI is InChI=1S/C24H29N5O2S/c1-27(24(31)22-8-5-15-32-22)21(16-19-6-3-2-4-7-19)20-9-12-28(13-10-20)23(30)11-14-29-18-25-17-26-29/h2-8,15,17-18,20-21H,9-14,16H2,1H3. The maximum Gasteiger partial charge on any atom is 0.263 e. The Bertz CT molecular complexity index is 983. The van der Waals surface area contributed by atoms with Crippen LogP contribution in [0.5, 0.6) is 0 Å². The average molecular weight is 452 g/mol. The molecule has 0 saturated carbocycles. The zero-order chi connectivity index (χ0) is 22.3. The Labute approximate surface area is 192 Å². The minimum absolute atomic E-state index is 0.0762. The summed E-state index contributed by atoms with van der Waals surface area (Å²) in [5.74, 6) is 0.581. The van der Waals surface area contributed by atoms with Gasteiger partial charge in [0.15, 0.2) is 0 Å². The molecule has 0 spiro atoms. The molecule has 4 rings (SSSR count). The van der Waals surface area contributed by atoms with Crippen LogP contribution in [-0.2, 0) is 17.8 Å². The van der Waals surface area contributed by atoms with Crippen LogP contribution in [0.25, 0.3) is 0 Å². The number of amides is 2. The van der Waals surface area contributed by atoms with Crippen LogP contribution in [0.15, 0.2) is 60.5 Å². The summed E-state index contributed by atoms with van der Waals surface area (Å²) in [6.45, 7) is 2.01. The van der Waals surface area contributed by atoms with Gasteiger partial charge in [-0.2, -0.15) is 5.10 Å². The van der Waals surface area contributed by atoms with E-state index in [9.17, 15) is 9.59 Å². The number of piperidine rings is 1. The number of carbonyl (C=O) groups excluding carboxylic acids is 2. The van der Waals surface area contributed by atoms with Gasteiger partial charge in [0.25, 0.3) is 5.91 Å². The molecule has 1 fully saturated rings. The Morgan fingerprint density at radius 3 is 2.59 bits per heavy atom. The zero-order valence-electron chi connectivity index (χ0n) is 18.3. The second-order valence-electron chi connectivity index (χ2n) is 8.28. The molecular weight excluding hydrogens is 422 g/mol. The predicted octanol–water partition coefficient (Wildman–Crippen LogP) is 3.35. The molecule has 3 heterocycles.